The highest BCUT2D eigenvalue weighted by Crippen LogP contribution is 2.11. The van der Waals surface area contributed by atoms with E-state index in [1.165, 1.54) is 0 Å². The fraction of sp³-hybridized carbons (Fsp3) is 1.00. The van der Waals surface area contributed by atoms with Crippen LogP contribution in [0.15, 0.2) is 0 Å². The van der Waals surface area contributed by atoms with Crippen LogP contribution in [0.25, 0.3) is 0 Å². The normalized spacial score (nSPS) is 25.3. The van der Waals surface area contributed by atoms with E-state index in [4.69, 9.17) is 0 Å². The van der Waals surface area contributed by atoms with E-state index in [2.05, 4.69) is 23.6 Å². The topological polar surface area (TPSA) is 40.6 Å². The van der Waals surface area contributed by atoms with Crippen LogP contribution in [-0.4, -0.2) is 68.5 Å². The van der Waals surface area contributed by atoms with Crippen molar-refractivity contribution in [1.82, 2.24) is 9.80 Å². The van der Waals surface area contributed by atoms with Crippen LogP contribution >= 0.6 is 0 Å². The van der Waals surface area contributed by atoms with Gasteiger partial charge in [-0.1, -0.05) is 13.8 Å². The lowest BCUT2D eigenvalue weighted by molar-refractivity contribution is 0.205. The van der Waals surface area contributed by atoms with E-state index in [0.717, 1.165) is 32.6 Å². The molecule has 1 fully saturated rings. The second-order valence-electron chi connectivity index (χ2n) is 4.88. The number of hydrogen-bond donors (Lipinski definition) is 0. The van der Waals surface area contributed by atoms with Crippen LogP contribution in [0.5, 0.6) is 0 Å². The van der Waals surface area contributed by atoms with Crippen molar-refractivity contribution in [2.75, 3.05) is 44.2 Å². The summed E-state index contributed by atoms with van der Waals surface area (Å²) in [7, 11) is -2.77. The van der Waals surface area contributed by atoms with E-state index < -0.39 is 9.84 Å². The molecular formula is C12H26N2O2S. The Balaban J connectivity index is 2.29. The molecule has 0 bridgehead atoms. The van der Waals surface area contributed by atoms with Gasteiger partial charge >= 0.3 is 0 Å². The van der Waals surface area contributed by atoms with Crippen molar-refractivity contribution < 1.29 is 8.42 Å². The summed E-state index contributed by atoms with van der Waals surface area (Å²) in [5.74, 6) is 0.668. The van der Waals surface area contributed by atoms with Crippen molar-refractivity contribution in [2.24, 2.45) is 0 Å². The molecule has 0 radical (unpaired) electrons. The molecule has 0 saturated carbocycles. The van der Waals surface area contributed by atoms with Gasteiger partial charge in [-0.15, -0.1) is 0 Å². The minimum atomic E-state index is -2.77. The van der Waals surface area contributed by atoms with E-state index in [-0.39, 0.29) is 6.04 Å². The molecule has 0 amide bonds. The third-order valence-corrected chi connectivity index (χ3v) is 5.42. The van der Waals surface area contributed by atoms with E-state index in [9.17, 15) is 8.42 Å². The standard InChI is InChI=1S/C12H26N2O2S/c1-4-13(5-2)7-6-8-14-9-10-17(15,16)11-12(14)3/h12H,4-11H2,1-3H3/t12-/m0/s1. The van der Waals surface area contributed by atoms with Crippen LogP contribution in [0.4, 0.5) is 0 Å². The van der Waals surface area contributed by atoms with Gasteiger partial charge in [0.25, 0.3) is 0 Å². The third-order valence-electron chi connectivity index (χ3n) is 3.62. The molecule has 1 rings (SSSR count). The summed E-state index contributed by atoms with van der Waals surface area (Å²) in [6, 6.07) is 0.186. The van der Waals surface area contributed by atoms with Gasteiger partial charge in [0.1, 0.15) is 0 Å². The van der Waals surface area contributed by atoms with E-state index >= 15 is 0 Å². The quantitative estimate of drug-likeness (QED) is 0.711. The van der Waals surface area contributed by atoms with Crippen LogP contribution < -0.4 is 0 Å². The summed E-state index contributed by atoms with van der Waals surface area (Å²) in [6.07, 6.45) is 1.13. The van der Waals surface area contributed by atoms with Gasteiger partial charge in [0.15, 0.2) is 9.84 Å². The van der Waals surface area contributed by atoms with Gasteiger partial charge in [-0.3, -0.25) is 4.90 Å². The van der Waals surface area contributed by atoms with Crippen molar-refractivity contribution in [3.05, 3.63) is 0 Å². The average Bonchev–Trinajstić information content (AvgIpc) is 2.26. The first kappa shape index (κ1) is 14.9. The van der Waals surface area contributed by atoms with Gasteiger partial charge in [0.2, 0.25) is 0 Å². The Morgan fingerprint density at radius 3 is 2.47 bits per heavy atom. The van der Waals surface area contributed by atoms with Crippen LogP contribution in [0.3, 0.4) is 0 Å². The Morgan fingerprint density at radius 1 is 1.29 bits per heavy atom. The average molecular weight is 262 g/mol. The highest BCUT2D eigenvalue weighted by molar-refractivity contribution is 7.91. The van der Waals surface area contributed by atoms with Crippen LogP contribution in [0.1, 0.15) is 27.2 Å². The monoisotopic (exact) mass is 262 g/mol. The fourth-order valence-electron chi connectivity index (χ4n) is 2.40. The van der Waals surface area contributed by atoms with Gasteiger partial charge in [-0.2, -0.15) is 0 Å². The van der Waals surface area contributed by atoms with Gasteiger partial charge in [0.05, 0.1) is 11.5 Å². The molecule has 0 aromatic carbocycles. The summed E-state index contributed by atoms with van der Waals surface area (Å²) < 4.78 is 22.9. The first-order chi connectivity index (χ1) is 7.98. The van der Waals surface area contributed by atoms with Crippen LogP contribution in [0.2, 0.25) is 0 Å². The second kappa shape index (κ2) is 6.71. The predicted octanol–water partition coefficient (Wildman–Crippen LogP) is 0.837. The zero-order chi connectivity index (χ0) is 12.9. The van der Waals surface area contributed by atoms with Gasteiger partial charge in [-0.05, 0) is 39.5 Å². The molecule has 1 aliphatic heterocycles. The summed E-state index contributed by atoms with van der Waals surface area (Å²) >= 11 is 0. The first-order valence-electron chi connectivity index (χ1n) is 6.65. The molecule has 5 heteroatoms. The fourth-order valence-corrected chi connectivity index (χ4v) is 4.03. The Kier molecular flexibility index (Phi) is 5.89. The molecular weight excluding hydrogens is 236 g/mol. The minimum absolute atomic E-state index is 0.186. The first-order valence-corrected chi connectivity index (χ1v) is 8.47. The van der Waals surface area contributed by atoms with E-state index in [1.807, 2.05) is 6.92 Å². The molecule has 0 aliphatic carbocycles. The Morgan fingerprint density at radius 2 is 1.94 bits per heavy atom. The van der Waals surface area contributed by atoms with Crippen LogP contribution in [-0.2, 0) is 9.84 Å². The molecule has 0 aromatic rings. The van der Waals surface area contributed by atoms with Gasteiger partial charge in [-0.25, -0.2) is 8.42 Å². The third kappa shape index (κ3) is 4.94. The van der Waals surface area contributed by atoms with Crippen molar-refractivity contribution in [3.8, 4) is 0 Å². The maximum absolute atomic E-state index is 11.4. The number of sulfone groups is 1. The smallest absolute Gasteiger partial charge is 0.153 e. The van der Waals surface area contributed by atoms with Gasteiger partial charge in [0, 0.05) is 12.6 Å². The lowest BCUT2D eigenvalue weighted by Crippen LogP contribution is -2.47. The Hall–Kier alpha value is -0.130. The molecule has 0 aromatic heterocycles. The summed E-state index contributed by atoms with van der Waals surface area (Å²) in [6.45, 7) is 11.4. The summed E-state index contributed by atoms with van der Waals surface area (Å²) in [5.41, 5.74) is 0. The Labute approximate surface area is 106 Å². The summed E-state index contributed by atoms with van der Waals surface area (Å²) in [4.78, 5) is 4.72. The maximum Gasteiger partial charge on any atom is 0.153 e. The predicted molar refractivity (Wildman–Crippen MR) is 72.1 cm³/mol. The molecule has 1 atom stereocenters. The highest BCUT2D eigenvalue weighted by atomic mass is 32.2. The lowest BCUT2D eigenvalue weighted by atomic mass is 10.2. The molecule has 0 N–H and O–H groups in total. The number of rotatable bonds is 6. The molecule has 102 valence electrons. The highest BCUT2D eigenvalue weighted by Gasteiger charge is 2.27. The van der Waals surface area contributed by atoms with Crippen molar-refractivity contribution >= 4 is 9.84 Å². The second-order valence-corrected chi connectivity index (χ2v) is 7.11. The Bertz CT molecular complexity index is 312. The molecule has 17 heavy (non-hydrogen) atoms. The lowest BCUT2D eigenvalue weighted by Gasteiger charge is -2.33. The maximum atomic E-state index is 11.4. The van der Waals surface area contributed by atoms with Crippen molar-refractivity contribution in [1.29, 1.82) is 0 Å². The van der Waals surface area contributed by atoms with Crippen molar-refractivity contribution in [3.63, 3.8) is 0 Å². The zero-order valence-corrected chi connectivity index (χ0v) is 12.2. The SMILES string of the molecule is CCN(CC)CCCN1CCS(=O)(=O)C[C@@H]1C. The number of nitrogens with zero attached hydrogens (tertiary/aromatic N) is 2. The zero-order valence-electron chi connectivity index (χ0n) is 11.4. The van der Waals surface area contributed by atoms with E-state index in [1.54, 1.807) is 0 Å². The minimum Gasteiger partial charge on any atom is -0.304 e. The largest absolute Gasteiger partial charge is 0.304 e. The van der Waals surface area contributed by atoms with Crippen LogP contribution in [0, 0.1) is 0 Å². The molecule has 4 nitrogen and oxygen atoms in total. The number of hydrogen-bond acceptors (Lipinski definition) is 4. The molecule has 1 saturated heterocycles. The summed E-state index contributed by atoms with van der Waals surface area (Å²) in [5, 5.41) is 0. The molecule has 0 unspecified atom stereocenters. The van der Waals surface area contributed by atoms with E-state index in [0.29, 0.717) is 18.1 Å². The molecule has 1 aliphatic rings. The molecule has 1 heterocycles. The molecule has 0 spiro atoms. The van der Waals surface area contributed by atoms with Gasteiger partial charge < -0.3 is 4.90 Å². The van der Waals surface area contributed by atoms with Crippen molar-refractivity contribution in [2.45, 2.75) is 33.2 Å².